The van der Waals surface area contributed by atoms with E-state index in [2.05, 4.69) is 16.5 Å². The quantitative estimate of drug-likeness (QED) is 0.556. The molecule has 1 heterocycles. The van der Waals surface area contributed by atoms with E-state index in [0.717, 1.165) is 11.5 Å². The Morgan fingerprint density at radius 1 is 1.33 bits per heavy atom. The van der Waals surface area contributed by atoms with Crippen LogP contribution in [0, 0.1) is 6.92 Å². The largest absolute Gasteiger partial charge is 0.442 e. The van der Waals surface area contributed by atoms with Crippen molar-refractivity contribution >= 4 is 0 Å². The molecule has 1 aromatic rings. The predicted molar refractivity (Wildman–Crippen MR) is 60.5 cm³/mol. The van der Waals surface area contributed by atoms with E-state index in [1.165, 1.54) is 0 Å². The van der Waals surface area contributed by atoms with Gasteiger partial charge in [0, 0.05) is 0 Å². The Balaban J connectivity index is 2.61. The van der Waals surface area contributed by atoms with Crippen molar-refractivity contribution in [2.75, 3.05) is 0 Å². The summed E-state index contributed by atoms with van der Waals surface area (Å²) in [5.41, 5.74) is 0.871. The third kappa shape index (κ3) is 4.22. The Morgan fingerprint density at radius 2 is 2.13 bits per heavy atom. The molecule has 1 rings (SSSR count). The number of hydrogen-bond donors (Lipinski definition) is 0. The second kappa shape index (κ2) is 5.75. The normalized spacial score (nSPS) is 11.7. The Morgan fingerprint density at radius 3 is 2.73 bits per heavy atom. The molecular formula is C12H14N2O. The van der Waals surface area contributed by atoms with Gasteiger partial charge in [0.1, 0.15) is 5.76 Å². The van der Waals surface area contributed by atoms with Gasteiger partial charge >= 0.3 is 0 Å². The van der Waals surface area contributed by atoms with Gasteiger partial charge < -0.3 is 4.74 Å². The molecule has 0 saturated heterocycles. The van der Waals surface area contributed by atoms with Crippen LogP contribution in [0.3, 0.4) is 0 Å². The minimum atomic E-state index is 0.501. The molecule has 0 saturated carbocycles. The fraction of sp³-hybridized carbons (Fsp3) is 0.167. The minimum Gasteiger partial charge on any atom is -0.442 e. The third-order valence-electron chi connectivity index (χ3n) is 1.60. The molecule has 3 nitrogen and oxygen atoms in total. The van der Waals surface area contributed by atoms with Crippen LogP contribution in [0.4, 0.5) is 0 Å². The minimum absolute atomic E-state index is 0.501. The fourth-order valence-corrected chi connectivity index (χ4v) is 0.902. The van der Waals surface area contributed by atoms with Crippen molar-refractivity contribution in [1.29, 1.82) is 0 Å². The topological polar surface area (TPSA) is 35.0 Å². The second-order valence-corrected chi connectivity index (χ2v) is 3.00. The lowest BCUT2D eigenvalue weighted by Crippen LogP contribution is -1.94. The van der Waals surface area contributed by atoms with E-state index >= 15 is 0 Å². The lowest BCUT2D eigenvalue weighted by Gasteiger charge is -2.02. The Kier molecular flexibility index (Phi) is 4.29. The first-order valence-corrected chi connectivity index (χ1v) is 4.65. The summed E-state index contributed by atoms with van der Waals surface area (Å²) in [7, 11) is 0. The summed E-state index contributed by atoms with van der Waals surface area (Å²) in [4.78, 5) is 8.16. The van der Waals surface area contributed by atoms with Crippen molar-refractivity contribution in [3.05, 3.63) is 54.7 Å². The number of allylic oxidation sites excluding steroid dienone is 5. The van der Waals surface area contributed by atoms with Crippen molar-refractivity contribution in [3.8, 4) is 5.88 Å². The van der Waals surface area contributed by atoms with Crippen LogP contribution in [0.5, 0.6) is 5.88 Å². The molecule has 1 aromatic heterocycles. The summed E-state index contributed by atoms with van der Waals surface area (Å²) in [6.07, 6.45) is 10.5. The smallest absolute Gasteiger partial charge is 0.237 e. The fourth-order valence-electron chi connectivity index (χ4n) is 0.902. The van der Waals surface area contributed by atoms with Crippen LogP contribution in [-0.4, -0.2) is 9.97 Å². The molecular weight excluding hydrogens is 188 g/mol. The maximum absolute atomic E-state index is 5.42. The molecule has 3 heteroatoms. The molecule has 0 radical (unpaired) electrons. The van der Waals surface area contributed by atoms with Crippen LogP contribution in [0.15, 0.2) is 49.0 Å². The lowest BCUT2D eigenvalue weighted by molar-refractivity contribution is 0.408. The molecule has 0 N–H and O–H groups in total. The molecule has 0 aliphatic rings. The van der Waals surface area contributed by atoms with Gasteiger partial charge in [0.15, 0.2) is 0 Å². The van der Waals surface area contributed by atoms with E-state index in [1.54, 1.807) is 18.5 Å². The molecule has 0 aliphatic carbocycles. The second-order valence-electron chi connectivity index (χ2n) is 3.00. The summed E-state index contributed by atoms with van der Waals surface area (Å²) in [6, 6.07) is 0. The average molecular weight is 202 g/mol. The molecule has 15 heavy (non-hydrogen) atoms. The highest BCUT2D eigenvalue weighted by atomic mass is 16.5. The van der Waals surface area contributed by atoms with Crippen LogP contribution in [0.25, 0.3) is 0 Å². The standard InChI is InChI=1S/C12H14N2O/c1-4-5-6-7-11(3)15-12-9-13-10(2)8-14-12/h4-9H,1H2,2-3H3/b6-5-,11-7+. The van der Waals surface area contributed by atoms with Crippen molar-refractivity contribution in [2.45, 2.75) is 13.8 Å². The Hall–Kier alpha value is -1.90. The zero-order valence-electron chi connectivity index (χ0n) is 8.97. The molecule has 0 fully saturated rings. The maximum Gasteiger partial charge on any atom is 0.237 e. The molecule has 0 unspecified atom stereocenters. The number of nitrogens with zero attached hydrogens (tertiary/aromatic N) is 2. The van der Waals surface area contributed by atoms with Gasteiger partial charge in [-0.25, -0.2) is 4.98 Å². The van der Waals surface area contributed by atoms with Gasteiger partial charge in [-0.15, -0.1) is 0 Å². The van der Waals surface area contributed by atoms with E-state index in [1.807, 2.05) is 32.1 Å². The maximum atomic E-state index is 5.42. The summed E-state index contributed by atoms with van der Waals surface area (Å²) in [5.74, 6) is 1.26. The van der Waals surface area contributed by atoms with E-state index in [0.29, 0.717) is 5.88 Å². The Labute approximate surface area is 89.8 Å². The third-order valence-corrected chi connectivity index (χ3v) is 1.60. The van der Waals surface area contributed by atoms with E-state index in [4.69, 9.17) is 4.74 Å². The number of rotatable bonds is 4. The van der Waals surface area contributed by atoms with Gasteiger partial charge in [-0.1, -0.05) is 24.8 Å². The Bertz CT molecular complexity index is 377. The SMILES string of the molecule is C=C/C=C\C=C(/C)Oc1cnc(C)cn1. The highest BCUT2D eigenvalue weighted by Crippen LogP contribution is 2.07. The molecule has 0 atom stereocenters. The first kappa shape index (κ1) is 11.2. The summed E-state index contributed by atoms with van der Waals surface area (Å²) < 4.78 is 5.42. The highest BCUT2D eigenvalue weighted by molar-refractivity contribution is 5.15. The van der Waals surface area contributed by atoms with Crippen molar-refractivity contribution in [3.63, 3.8) is 0 Å². The van der Waals surface area contributed by atoms with E-state index in [9.17, 15) is 0 Å². The zero-order valence-corrected chi connectivity index (χ0v) is 8.97. The summed E-state index contributed by atoms with van der Waals surface area (Å²) >= 11 is 0. The van der Waals surface area contributed by atoms with Crippen LogP contribution in [-0.2, 0) is 0 Å². The number of aryl methyl sites for hydroxylation is 1. The molecule has 0 aliphatic heterocycles. The first-order valence-electron chi connectivity index (χ1n) is 4.65. The first-order chi connectivity index (χ1) is 7.22. The number of hydrogen-bond acceptors (Lipinski definition) is 3. The van der Waals surface area contributed by atoms with Crippen LogP contribution < -0.4 is 4.74 Å². The molecule has 0 aromatic carbocycles. The predicted octanol–water partition coefficient (Wildman–Crippen LogP) is 2.81. The monoisotopic (exact) mass is 202 g/mol. The van der Waals surface area contributed by atoms with Gasteiger partial charge in [-0.3, -0.25) is 4.98 Å². The zero-order chi connectivity index (χ0) is 11.1. The number of ether oxygens (including phenoxy) is 1. The lowest BCUT2D eigenvalue weighted by atomic mass is 10.4. The summed E-state index contributed by atoms with van der Waals surface area (Å²) in [6.45, 7) is 7.31. The van der Waals surface area contributed by atoms with Gasteiger partial charge in [-0.2, -0.15) is 0 Å². The molecule has 78 valence electrons. The van der Waals surface area contributed by atoms with Crippen LogP contribution in [0.1, 0.15) is 12.6 Å². The van der Waals surface area contributed by atoms with Crippen LogP contribution >= 0.6 is 0 Å². The molecule has 0 amide bonds. The van der Waals surface area contributed by atoms with Crippen molar-refractivity contribution in [1.82, 2.24) is 9.97 Å². The van der Waals surface area contributed by atoms with Crippen LogP contribution in [0.2, 0.25) is 0 Å². The van der Waals surface area contributed by atoms with E-state index < -0.39 is 0 Å². The van der Waals surface area contributed by atoms with Crippen molar-refractivity contribution < 1.29 is 4.74 Å². The van der Waals surface area contributed by atoms with Gasteiger partial charge in [-0.05, 0) is 19.9 Å². The molecule has 0 bridgehead atoms. The van der Waals surface area contributed by atoms with Crippen molar-refractivity contribution in [2.24, 2.45) is 0 Å². The van der Waals surface area contributed by atoms with E-state index in [-0.39, 0.29) is 0 Å². The highest BCUT2D eigenvalue weighted by Gasteiger charge is 1.95. The molecule has 0 spiro atoms. The summed E-state index contributed by atoms with van der Waals surface area (Å²) in [5, 5.41) is 0. The van der Waals surface area contributed by atoms with Gasteiger partial charge in [0.2, 0.25) is 5.88 Å². The van der Waals surface area contributed by atoms with Gasteiger partial charge in [0.05, 0.1) is 18.1 Å². The van der Waals surface area contributed by atoms with Gasteiger partial charge in [0.25, 0.3) is 0 Å². The average Bonchev–Trinajstić information content (AvgIpc) is 2.22. The number of aromatic nitrogens is 2.